The zero-order chi connectivity index (χ0) is 14.8. The monoisotopic (exact) mass is 280 g/mol. The summed E-state index contributed by atoms with van der Waals surface area (Å²) < 4.78 is 1.99. The molecule has 21 heavy (non-hydrogen) atoms. The standard InChI is InChI=1S/C17H20N4/c1-12(2)17-16-13(9-10-18)6-5-7-14(16)21(20-17)15-8-3-4-11-19-15/h3-4,8,11-13H,5-7,9H2,1-2H3. The third-order valence-electron chi connectivity index (χ3n) is 4.18. The summed E-state index contributed by atoms with van der Waals surface area (Å²) in [6.07, 6.45) is 5.62. The molecule has 1 atom stereocenters. The van der Waals surface area contributed by atoms with E-state index in [9.17, 15) is 0 Å². The first-order valence-electron chi connectivity index (χ1n) is 7.62. The number of hydrogen-bond donors (Lipinski definition) is 0. The number of pyridine rings is 1. The molecular weight excluding hydrogens is 260 g/mol. The van der Waals surface area contributed by atoms with Gasteiger partial charge >= 0.3 is 0 Å². The normalized spacial score (nSPS) is 17.5. The first kappa shape index (κ1) is 13.8. The third-order valence-corrected chi connectivity index (χ3v) is 4.18. The summed E-state index contributed by atoms with van der Waals surface area (Å²) in [7, 11) is 0. The Balaban J connectivity index is 2.16. The molecule has 4 heteroatoms. The van der Waals surface area contributed by atoms with Crippen LogP contribution in [0.1, 0.15) is 61.9 Å². The van der Waals surface area contributed by atoms with Crippen LogP contribution >= 0.6 is 0 Å². The van der Waals surface area contributed by atoms with E-state index in [4.69, 9.17) is 10.4 Å². The van der Waals surface area contributed by atoms with Crippen molar-refractivity contribution in [3.8, 4) is 11.9 Å². The van der Waals surface area contributed by atoms with Gasteiger partial charge in [0.15, 0.2) is 5.82 Å². The van der Waals surface area contributed by atoms with Gasteiger partial charge in [0.05, 0.1) is 11.8 Å². The van der Waals surface area contributed by atoms with Gasteiger partial charge in [0.2, 0.25) is 0 Å². The maximum atomic E-state index is 9.11. The Labute approximate surface area is 125 Å². The Morgan fingerprint density at radius 3 is 2.95 bits per heavy atom. The van der Waals surface area contributed by atoms with E-state index in [-0.39, 0.29) is 0 Å². The van der Waals surface area contributed by atoms with Crippen LogP contribution in [0.2, 0.25) is 0 Å². The lowest BCUT2D eigenvalue weighted by atomic mass is 9.82. The molecule has 0 N–H and O–H groups in total. The molecule has 4 nitrogen and oxygen atoms in total. The Kier molecular flexibility index (Phi) is 3.74. The molecule has 0 spiro atoms. The summed E-state index contributed by atoms with van der Waals surface area (Å²) in [5, 5.41) is 13.9. The summed E-state index contributed by atoms with van der Waals surface area (Å²) in [4.78, 5) is 4.44. The molecule has 0 bridgehead atoms. The van der Waals surface area contributed by atoms with E-state index in [1.807, 2.05) is 22.9 Å². The fourth-order valence-corrected chi connectivity index (χ4v) is 3.24. The number of aromatic nitrogens is 3. The van der Waals surface area contributed by atoms with Crippen LogP contribution in [0.25, 0.3) is 5.82 Å². The first-order chi connectivity index (χ1) is 10.2. The van der Waals surface area contributed by atoms with Gasteiger partial charge in [-0.2, -0.15) is 10.4 Å². The summed E-state index contributed by atoms with van der Waals surface area (Å²) in [6, 6.07) is 8.24. The molecule has 0 fully saturated rings. The lowest BCUT2D eigenvalue weighted by Gasteiger charge is -2.22. The zero-order valence-electron chi connectivity index (χ0n) is 12.6. The van der Waals surface area contributed by atoms with E-state index in [2.05, 4.69) is 24.9 Å². The Morgan fingerprint density at radius 1 is 1.43 bits per heavy atom. The highest BCUT2D eigenvalue weighted by Gasteiger charge is 2.30. The Morgan fingerprint density at radius 2 is 2.29 bits per heavy atom. The van der Waals surface area contributed by atoms with Crippen LogP contribution in [0.5, 0.6) is 0 Å². The number of rotatable bonds is 3. The minimum Gasteiger partial charge on any atom is -0.237 e. The van der Waals surface area contributed by atoms with E-state index >= 15 is 0 Å². The van der Waals surface area contributed by atoms with E-state index in [0.29, 0.717) is 18.3 Å². The van der Waals surface area contributed by atoms with Gasteiger partial charge in [-0.3, -0.25) is 0 Å². The molecule has 108 valence electrons. The SMILES string of the molecule is CC(C)c1nn(-c2ccccn2)c2c1C(CC#N)CCC2. The van der Waals surface area contributed by atoms with Crippen molar-refractivity contribution in [1.82, 2.24) is 14.8 Å². The van der Waals surface area contributed by atoms with E-state index in [0.717, 1.165) is 30.8 Å². The van der Waals surface area contributed by atoms with Crippen molar-refractivity contribution in [2.45, 2.75) is 51.4 Å². The molecule has 0 aromatic carbocycles. The predicted molar refractivity (Wildman–Crippen MR) is 81.4 cm³/mol. The summed E-state index contributed by atoms with van der Waals surface area (Å²) in [5.74, 6) is 1.56. The van der Waals surface area contributed by atoms with Crippen molar-refractivity contribution in [1.29, 1.82) is 5.26 Å². The fourth-order valence-electron chi connectivity index (χ4n) is 3.24. The van der Waals surface area contributed by atoms with Crippen molar-refractivity contribution >= 4 is 0 Å². The maximum Gasteiger partial charge on any atom is 0.153 e. The van der Waals surface area contributed by atoms with Crippen LogP contribution in [0, 0.1) is 11.3 Å². The molecule has 3 rings (SSSR count). The molecule has 1 aliphatic rings. The highest BCUT2D eigenvalue weighted by atomic mass is 15.3. The molecule has 2 aromatic rings. The van der Waals surface area contributed by atoms with Crippen molar-refractivity contribution in [3.05, 3.63) is 41.3 Å². The molecule has 2 heterocycles. The van der Waals surface area contributed by atoms with Crippen LogP contribution in [-0.2, 0) is 6.42 Å². The topological polar surface area (TPSA) is 54.5 Å². The summed E-state index contributed by atoms with van der Waals surface area (Å²) in [5.41, 5.74) is 3.70. The fraction of sp³-hybridized carbons (Fsp3) is 0.471. The molecule has 0 saturated heterocycles. The van der Waals surface area contributed by atoms with Crippen molar-refractivity contribution in [3.63, 3.8) is 0 Å². The number of hydrogen-bond acceptors (Lipinski definition) is 3. The second-order valence-corrected chi connectivity index (χ2v) is 5.95. The highest BCUT2D eigenvalue weighted by Crippen LogP contribution is 2.39. The summed E-state index contributed by atoms with van der Waals surface area (Å²) >= 11 is 0. The van der Waals surface area contributed by atoms with Crippen LogP contribution in [0.15, 0.2) is 24.4 Å². The van der Waals surface area contributed by atoms with E-state index < -0.39 is 0 Å². The van der Waals surface area contributed by atoms with Gasteiger partial charge in [-0.25, -0.2) is 9.67 Å². The van der Waals surface area contributed by atoms with Gasteiger partial charge in [0, 0.05) is 29.8 Å². The third kappa shape index (κ3) is 2.44. The van der Waals surface area contributed by atoms with Crippen LogP contribution < -0.4 is 0 Å². The van der Waals surface area contributed by atoms with Gasteiger partial charge < -0.3 is 0 Å². The number of nitrogens with zero attached hydrogens (tertiary/aromatic N) is 4. The lowest BCUT2D eigenvalue weighted by Crippen LogP contribution is -2.13. The van der Waals surface area contributed by atoms with Gasteiger partial charge in [0.1, 0.15) is 0 Å². The zero-order valence-corrected chi connectivity index (χ0v) is 12.6. The number of fused-ring (bicyclic) bond motifs is 1. The average Bonchev–Trinajstić information content (AvgIpc) is 2.89. The predicted octanol–water partition coefficient (Wildman–Crippen LogP) is 3.72. The quantitative estimate of drug-likeness (QED) is 0.861. The lowest BCUT2D eigenvalue weighted by molar-refractivity contribution is 0.545. The van der Waals surface area contributed by atoms with Crippen LogP contribution in [-0.4, -0.2) is 14.8 Å². The Bertz CT molecular complexity index is 664. The molecule has 0 aliphatic heterocycles. The van der Waals surface area contributed by atoms with Crippen molar-refractivity contribution < 1.29 is 0 Å². The number of nitriles is 1. The van der Waals surface area contributed by atoms with Gasteiger partial charge in [-0.1, -0.05) is 19.9 Å². The first-order valence-corrected chi connectivity index (χ1v) is 7.62. The molecule has 0 radical (unpaired) electrons. The second kappa shape index (κ2) is 5.69. The van der Waals surface area contributed by atoms with Gasteiger partial charge in [-0.05, 0) is 37.3 Å². The van der Waals surface area contributed by atoms with Gasteiger partial charge in [0.25, 0.3) is 0 Å². The van der Waals surface area contributed by atoms with Crippen LogP contribution in [0.3, 0.4) is 0 Å². The van der Waals surface area contributed by atoms with Gasteiger partial charge in [-0.15, -0.1) is 0 Å². The molecule has 0 amide bonds. The smallest absolute Gasteiger partial charge is 0.153 e. The van der Waals surface area contributed by atoms with Crippen LogP contribution in [0.4, 0.5) is 0 Å². The minimum absolute atomic E-state index is 0.327. The largest absolute Gasteiger partial charge is 0.237 e. The molecule has 1 unspecified atom stereocenters. The van der Waals surface area contributed by atoms with Crippen molar-refractivity contribution in [2.75, 3.05) is 0 Å². The molecular formula is C17H20N4. The molecule has 2 aromatic heterocycles. The summed E-state index contributed by atoms with van der Waals surface area (Å²) in [6.45, 7) is 4.34. The highest BCUT2D eigenvalue weighted by molar-refractivity contribution is 5.39. The van der Waals surface area contributed by atoms with E-state index in [1.165, 1.54) is 11.3 Å². The second-order valence-electron chi connectivity index (χ2n) is 5.95. The van der Waals surface area contributed by atoms with E-state index in [1.54, 1.807) is 6.20 Å². The average molecular weight is 280 g/mol. The minimum atomic E-state index is 0.327. The Hall–Kier alpha value is -2.15. The molecule has 1 aliphatic carbocycles. The molecule has 0 saturated carbocycles. The maximum absolute atomic E-state index is 9.11. The van der Waals surface area contributed by atoms with Crippen molar-refractivity contribution in [2.24, 2.45) is 0 Å².